The number of methoxy groups -OCH3 is 1. The second kappa shape index (κ2) is 10.8. The third-order valence-electron chi connectivity index (χ3n) is 4.65. The highest BCUT2D eigenvalue weighted by Gasteiger charge is 2.24. The summed E-state index contributed by atoms with van der Waals surface area (Å²) in [6.45, 7) is 0.236. The highest BCUT2D eigenvalue weighted by molar-refractivity contribution is 9.10. The van der Waals surface area contributed by atoms with Gasteiger partial charge < -0.3 is 14.8 Å². The molecule has 0 unspecified atom stereocenters. The van der Waals surface area contributed by atoms with E-state index >= 15 is 0 Å². The quantitative estimate of drug-likeness (QED) is 0.309. The molecule has 0 aromatic heterocycles. The van der Waals surface area contributed by atoms with Crippen LogP contribution in [-0.2, 0) is 11.4 Å². The van der Waals surface area contributed by atoms with Crippen LogP contribution >= 0.6 is 50.9 Å². The number of benzene rings is 3. The fraction of sp³-hybridized carbons (Fsp3) is 0.0833. The van der Waals surface area contributed by atoms with Gasteiger partial charge in [0.25, 0.3) is 5.91 Å². The normalized spacial score (nSPS) is 15.6. The zero-order chi connectivity index (χ0) is 24.2. The first kappa shape index (κ1) is 24.6. The van der Waals surface area contributed by atoms with Gasteiger partial charge in [0, 0.05) is 0 Å². The summed E-state index contributed by atoms with van der Waals surface area (Å²) in [7, 11) is 1.53. The highest BCUT2D eigenvalue weighted by atomic mass is 79.9. The van der Waals surface area contributed by atoms with Crippen molar-refractivity contribution >= 4 is 73.7 Å². The van der Waals surface area contributed by atoms with Crippen molar-refractivity contribution in [2.45, 2.75) is 6.61 Å². The predicted octanol–water partition coefficient (Wildman–Crippen LogP) is 7.37. The molecule has 1 aliphatic rings. The number of amides is 1. The summed E-state index contributed by atoms with van der Waals surface area (Å²) < 4.78 is 25.1. The van der Waals surface area contributed by atoms with Crippen LogP contribution in [0.2, 0.25) is 10.0 Å². The maximum absolute atomic E-state index is 13.1. The molecule has 34 heavy (non-hydrogen) atoms. The maximum Gasteiger partial charge on any atom is 0.264 e. The Labute approximate surface area is 218 Å². The molecule has 1 fully saturated rings. The van der Waals surface area contributed by atoms with Gasteiger partial charge in [-0.3, -0.25) is 4.79 Å². The molecule has 0 radical (unpaired) electrons. The summed E-state index contributed by atoms with van der Waals surface area (Å²) in [5, 5.41) is 3.82. The van der Waals surface area contributed by atoms with E-state index in [1.807, 2.05) is 6.07 Å². The summed E-state index contributed by atoms with van der Waals surface area (Å²) in [6, 6.07) is 14.7. The van der Waals surface area contributed by atoms with Crippen molar-refractivity contribution in [3.8, 4) is 11.5 Å². The Hall–Kier alpha value is -2.52. The lowest BCUT2D eigenvalue weighted by atomic mass is 10.2. The van der Waals surface area contributed by atoms with Gasteiger partial charge in [-0.25, -0.2) is 9.38 Å². The van der Waals surface area contributed by atoms with Gasteiger partial charge in [-0.2, -0.15) is 0 Å². The third-order valence-corrected chi connectivity index (χ3v) is 6.96. The lowest BCUT2D eigenvalue weighted by Crippen LogP contribution is -2.19. The molecule has 1 heterocycles. The number of amidine groups is 1. The molecule has 5 nitrogen and oxygen atoms in total. The average Bonchev–Trinajstić information content (AvgIpc) is 3.15. The minimum absolute atomic E-state index is 0.236. The van der Waals surface area contributed by atoms with Crippen molar-refractivity contribution in [3.05, 3.63) is 91.0 Å². The van der Waals surface area contributed by atoms with Gasteiger partial charge in [-0.1, -0.05) is 41.4 Å². The van der Waals surface area contributed by atoms with Gasteiger partial charge in [0.15, 0.2) is 16.7 Å². The van der Waals surface area contributed by atoms with Crippen LogP contribution in [0, 0.1) is 5.82 Å². The van der Waals surface area contributed by atoms with E-state index in [9.17, 15) is 9.18 Å². The van der Waals surface area contributed by atoms with Crippen molar-refractivity contribution in [1.82, 2.24) is 5.32 Å². The Morgan fingerprint density at radius 2 is 1.94 bits per heavy atom. The van der Waals surface area contributed by atoms with Crippen LogP contribution in [0.5, 0.6) is 11.5 Å². The van der Waals surface area contributed by atoms with Crippen molar-refractivity contribution in [1.29, 1.82) is 0 Å². The van der Waals surface area contributed by atoms with E-state index in [4.69, 9.17) is 32.7 Å². The molecule has 0 spiro atoms. The van der Waals surface area contributed by atoms with Gasteiger partial charge in [-0.15, -0.1) is 0 Å². The minimum Gasteiger partial charge on any atom is -0.493 e. The Morgan fingerprint density at radius 1 is 1.18 bits per heavy atom. The molecule has 3 aromatic rings. The molecular formula is C24H16BrCl2FN2O3S. The number of ether oxygens (including phenoxy) is 2. The van der Waals surface area contributed by atoms with Gasteiger partial charge in [0.05, 0.1) is 32.2 Å². The Balaban J connectivity index is 1.54. The number of hydrogen-bond acceptors (Lipinski definition) is 5. The predicted molar refractivity (Wildman–Crippen MR) is 139 cm³/mol. The molecule has 1 N–H and O–H groups in total. The van der Waals surface area contributed by atoms with Crippen LogP contribution in [0.25, 0.3) is 6.08 Å². The van der Waals surface area contributed by atoms with E-state index < -0.39 is 0 Å². The Morgan fingerprint density at radius 3 is 2.68 bits per heavy atom. The number of rotatable bonds is 6. The van der Waals surface area contributed by atoms with E-state index in [2.05, 4.69) is 26.2 Å². The summed E-state index contributed by atoms with van der Waals surface area (Å²) in [5.74, 6) is 0.382. The third kappa shape index (κ3) is 5.75. The fourth-order valence-electron chi connectivity index (χ4n) is 3.02. The standard InChI is InChI=1S/C24H16BrCl2FN2O3S/c1-32-19-10-14(9-16(25)22(19)33-12-13-5-7-15(28)8-6-13)11-20-23(31)30-24(34-20)29-18-4-2-3-17(26)21(18)27/h2-11H,12H2,1H3,(H,29,30,31)/b20-11+. The topological polar surface area (TPSA) is 59.9 Å². The number of aliphatic imine (C=N–C) groups is 1. The van der Waals surface area contributed by atoms with E-state index in [1.54, 1.807) is 42.5 Å². The van der Waals surface area contributed by atoms with Crippen molar-refractivity contribution in [3.63, 3.8) is 0 Å². The van der Waals surface area contributed by atoms with E-state index in [-0.39, 0.29) is 18.3 Å². The molecule has 1 saturated heterocycles. The Bertz CT molecular complexity index is 1320. The summed E-state index contributed by atoms with van der Waals surface area (Å²) in [4.78, 5) is 17.3. The molecule has 174 valence electrons. The fourth-order valence-corrected chi connectivity index (χ4v) is 4.77. The molecule has 10 heteroatoms. The molecule has 0 saturated carbocycles. The monoisotopic (exact) mass is 580 g/mol. The van der Waals surface area contributed by atoms with Gasteiger partial charge in [0.2, 0.25) is 0 Å². The molecule has 4 rings (SSSR count). The van der Waals surface area contributed by atoms with Gasteiger partial charge in [-0.05, 0) is 81.3 Å². The maximum atomic E-state index is 13.1. The van der Waals surface area contributed by atoms with Crippen LogP contribution in [0.1, 0.15) is 11.1 Å². The van der Waals surface area contributed by atoms with Crippen LogP contribution < -0.4 is 14.8 Å². The number of thioether (sulfide) groups is 1. The molecule has 0 aliphatic carbocycles. The number of carbonyl (C=O) groups is 1. The number of nitrogens with zero attached hydrogens (tertiary/aromatic N) is 1. The molecular weight excluding hydrogens is 566 g/mol. The van der Waals surface area contributed by atoms with Gasteiger partial charge in [0.1, 0.15) is 12.4 Å². The number of hydrogen-bond donors (Lipinski definition) is 1. The first-order chi connectivity index (χ1) is 16.3. The van der Waals surface area contributed by atoms with Crippen molar-refractivity contribution < 1.29 is 18.7 Å². The van der Waals surface area contributed by atoms with Gasteiger partial charge >= 0.3 is 0 Å². The lowest BCUT2D eigenvalue weighted by molar-refractivity contribution is -0.115. The molecule has 0 atom stereocenters. The highest BCUT2D eigenvalue weighted by Crippen LogP contribution is 2.39. The lowest BCUT2D eigenvalue weighted by Gasteiger charge is -2.14. The molecule has 1 amide bonds. The van der Waals surface area contributed by atoms with Crippen molar-refractivity contribution in [2.75, 3.05) is 7.11 Å². The number of nitrogens with one attached hydrogen (secondary N) is 1. The van der Waals surface area contributed by atoms with Crippen LogP contribution in [0.4, 0.5) is 10.1 Å². The summed E-state index contributed by atoms with van der Waals surface area (Å²) >= 11 is 16.9. The minimum atomic E-state index is -0.308. The zero-order valence-electron chi connectivity index (χ0n) is 17.6. The van der Waals surface area contributed by atoms with E-state index in [0.29, 0.717) is 41.8 Å². The molecule has 1 aliphatic heterocycles. The smallest absolute Gasteiger partial charge is 0.264 e. The zero-order valence-corrected chi connectivity index (χ0v) is 21.5. The van der Waals surface area contributed by atoms with Crippen LogP contribution in [0.3, 0.4) is 0 Å². The second-order valence-corrected chi connectivity index (χ2v) is 9.67. The van der Waals surface area contributed by atoms with Crippen molar-refractivity contribution in [2.24, 2.45) is 4.99 Å². The average molecular weight is 582 g/mol. The largest absolute Gasteiger partial charge is 0.493 e. The molecule has 3 aromatic carbocycles. The number of carbonyl (C=O) groups excluding carboxylic acids is 1. The molecule has 0 bridgehead atoms. The van der Waals surface area contributed by atoms with Crippen LogP contribution in [0.15, 0.2) is 69.0 Å². The first-order valence-corrected chi connectivity index (χ1v) is 12.2. The summed E-state index contributed by atoms with van der Waals surface area (Å²) in [6.07, 6.45) is 1.72. The van der Waals surface area contributed by atoms with Crippen LogP contribution in [-0.4, -0.2) is 18.2 Å². The second-order valence-electron chi connectivity index (χ2n) is 7.00. The SMILES string of the molecule is COc1cc(/C=C2/SC(=Nc3cccc(Cl)c3Cl)NC2=O)cc(Br)c1OCc1ccc(F)cc1. The van der Waals surface area contributed by atoms with E-state index in [1.165, 1.54) is 31.0 Å². The van der Waals surface area contributed by atoms with E-state index in [0.717, 1.165) is 11.1 Å². The Kier molecular flexibility index (Phi) is 7.83. The summed E-state index contributed by atoms with van der Waals surface area (Å²) in [5.41, 5.74) is 2.00. The number of halogens is 4. The first-order valence-electron chi connectivity index (χ1n) is 9.82.